The lowest BCUT2D eigenvalue weighted by molar-refractivity contribution is 0.0571. The van der Waals surface area contributed by atoms with Gasteiger partial charge in [-0.05, 0) is 37.6 Å². The summed E-state index contributed by atoms with van der Waals surface area (Å²) in [5, 5.41) is 0.497. The minimum atomic E-state index is 0.0647. The second-order valence-corrected chi connectivity index (χ2v) is 5.73. The molecule has 0 aliphatic carbocycles. The van der Waals surface area contributed by atoms with Crippen molar-refractivity contribution in [2.24, 2.45) is 0 Å². The van der Waals surface area contributed by atoms with Crippen LogP contribution >= 0.6 is 11.6 Å². The molecule has 1 aromatic rings. The van der Waals surface area contributed by atoms with E-state index in [4.69, 9.17) is 17.3 Å². The van der Waals surface area contributed by atoms with Crippen molar-refractivity contribution in [2.45, 2.75) is 18.9 Å². The van der Waals surface area contributed by atoms with Crippen molar-refractivity contribution in [2.75, 3.05) is 31.9 Å². The molecule has 0 unspecified atom stereocenters. The Morgan fingerprint density at radius 2 is 2.16 bits per heavy atom. The number of nitrogens with zero attached hydrogens (tertiary/aromatic N) is 2. The van der Waals surface area contributed by atoms with Crippen LogP contribution in [0.5, 0.6) is 0 Å². The fourth-order valence-electron chi connectivity index (χ4n) is 3.03. The lowest BCUT2D eigenvalue weighted by Gasteiger charge is -2.37. The van der Waals surface area contributed by atoms with E-state index in [2.05, 4.69) is 4.90 Å². The van der Waals surface area contributed by atoms with Crippen LogP contribution in [0, 0.1) is 0 Å². The molecule has 3 rings (SSSR count). The van der Waals surface area contributed by atoms with Crippen molar-refractivity contribution in [1.29, 1.82) is 0 Å². The number of anilines is 1. The highest BCUT2D eigenvalue weighted by Gasteiger charge is 2.32. The van der Waals surface area contributed by atoms with E-state index in [1.165, 1.54) is 19.4 Å². The molecule has 5 heteroatoms. The van der Waals surface area contributed by atoms with Gasteiger partial charge in [0.15, 0.2) is 0 Å². The van der Waals surface area contributed by atoms with Gasteiger partial charge in [0.05, 0.1) is 10.7 Å². The molecule has 1 atom stereocenters. The fraction of sp³-hybridized carbons (Fsp3) is 0.500. The Balaban J connectivity index is 1.74. The molecule has 1 aromatic carbocycles. The van der Waals surface area contributed by atoms with Crippen LogP contribution < -0.4 is 5.73 Å². The number of amides is 1. The Hall–Kier alpha value is -1.26. The van der Waals surface area contributed by atoms with Gasteiger partial charge in [-0.2, -0.15) is 0 Å². The van der Waals surface area contributed by atoms with E-state index in [1.54, 1.807) is 18.2 Å². The van der Waals surface area contributed by atoms with E-state index in [9.17, 15) is 4.79 Å². The van der Waals surface area contributed by atoms with Crippen LogP contribution in [0.2, 0.25) is 5.02 Å². The maximum atomic E-state index is 12.5. The number of hydrogen-bond acceptors (Lipinski definition) is 3. The molecule has 2 aliphatic heterocycles. The molecule has 2 saturated heterocycles. The van der Waals surface area contributed by atoms with Crippen molar-refractivity contribution in [3.63, 3.8) is 0 Å². The first-order valence-electron chi connectivity index (χ1n) is 6.73. The third-order valence-electron chi connectivity index (χ3n) is 4.12. The highest BCUT2D eigenvalue weighted by molar-refractivity contribution is 6.33. The number of benzene rings is 1. The Morgan fingerprint density at radius 1 is 1.32 bits per heavy atom. The molecule has 1 amide bonds. The summed E-state index contributed by atoms with van der Waals surface area (Å²) in [7, 11) is 0. The van der Waals surface area contributed by atoms with Crippen molar-refractivity contribution < 1.29 is 4.79 Å². The van der Waals surface area contributed by atoms with Gasteiger partial charge in [-0.3, -0.25) is 9.69 Å². The van der Waals surface area contributed by atoms with Crippen molar-refractivity contribution >= 4 is 23.2 Å². The molecule has 2 aliphatic rings. The van der Waals surface area contributed by atoms with Crippen LogP contribution in [0.1, 0.15) is 23.2 Å². The zero-order valence-corrected chi connectivity index (χ0v) is 11.6. The van der Waals surface area contributed by atoms with Crippen LogP contribution in [0.4, 0.5) is 5.69 Å². The smallest absolute Gasteiger partial charge is 0.254 e. The molecular weight excluding hydrogens is 262 g/mol. The van der Waals surface area contributed by atoms with Crippen LogP contribution in [0.15, 0.2) is 18.2 Å². The molecular formula is C14H18ClN3O. The predicted molar refractivity (Wildman–Crippen MR) is 76.4 cm³/mol. The summed E-state index contributed by atoms with van der Waals surface area (Å²) in [6.45, 7) is 3.80. The minimum absolute atomic E-state index is 0.0647. The molecule has 102 valence electrons. The van der Waals surface area contributed by atoms with E-state index in [1.807, 2.05) is 4.90 Å². The Kier molecular flexibility index (Phi) is 3.37. The first kappa shape index (κ1) is 12.8. The van der Waals surface area contributed by atoms with Crippen LogP contribution in [-0.2, 0) is 0 Å². The number of piperazine rings is 1. The minimum Gasteiger partial charge on any atom is -0.398 e. The van der Waals surface area contributed by atoms with Gasteiger partial charge in [-0.15, -0.1) is 0 Å². The topological polar surface area (TPSA) is 49.6 Å². The summed E-state index contributed by atoms with van der Waals surface area (Å²) in [6.07, 6.45) is 2.45. The van der Waals surface area contributed by atoms with E-state index < -0.39 is 0 Å². The normalized spacial score (nSPS) is 23.4. The monoisotopic (exact) mass is 279 g/mol. The lowest BCUT2D eigenvalue weighted by atomic mass is 10.1. The average Bonchev–Trinajstić information content (AvgIpc) is 2.88. The third-order valence-corrected chi connectivity index (χ3v) is 4.46. The Labute approximate surface area is 118 Å². The lowest BCUT2D eigenvalue weighted by Crippen LogP contribution is -2.52. The van der Waals surface area contributed by atoms with Gasteiger partial charge in [0, 0.05) is 31.2 Å². The molecule has 0 aromatic heterocycles. The van der Waals surface area contributed by atoms with E-state index in [0.29, 0.717) is 22.3 Å². The van der Waals surface area contributed by atoms with Crippen molar-refractivity contribution in [3.8, 4) is 0 Å². The Morgan fingerprint density at radius 3 is 2.95 bits per heavy atom. The van der Waals surface area contributed by atoms with Crippen molar-refractivity contribution in [1.82, 2.24) is 9.80 Å². The highest BCUT2D eigenvalue weighted by Crippen LogP contribution is 2.24. The first-order chi connectivity index (χ1) is 9.15. The molecule has 2 N–H and O–H groups in total. The summed E-state index contributed by atoms with van der Waals surface area (Å²) in [5.74, 6) is 0.0647. The number of carbonyl (C=O) groups is 1. The maximum Gasteiger partial charge on any atom is 0.254 e. The molecule has 0 radical (unpaired) electrons. The third kappa shape index (κ3) is 2.42. The number of nitrogen functional groups attached to an aromatic ring is 1. The highest BCUT2D eigenvalue weighted by atomic mass is 35.5. The summed E-state index contributed by atoms with van der Waals surface area (Å²) in [5.41, 5.74) is 6.86. The van der Waals surface area contributed by atoms with E-state index in [-0.39, 0.29) is 5.91 Å². The largest absolute Gasteiger partial charge is 0.398 e. The zero-order valence-electron chi connectivity index (χ0n) is 10.8. The number of carbonyl (C=O) groups excluding carboxylic acids is 1. The average molecular weight is 280 g/mol. The standard InChI is InChI=1S/C14H18ClN3O/c15-12-4-3-10(8-13(12)16)14(19)18-7-6-17-5-1-2-11(17)9-18/h3-4,8,11H,1-2,5-7,9,16H2/t11-/m1/s1. The zero-order chi connectivity index (χ0) is 13.4. The number of rotatable bonds is 1. The van der Waals surface area contributed by atoms with Gasteiger partial charge >= 0.3 is 0 Å². The van der Waals surface area contributed by atoms with Gasteiger partial charge in [-0.25, -0.2) is 0 Å². The van der Waals surface area contributed by atoms with Gasteiger partial charge in [0.25, 0.3) is 5.91 Å². The first-order valence-corrected chi connectivity index (χ1v) is 7.11. The second kappa shape index (κ2) is 5.02. The summed E-state index contributed by atoms with van der Waals surface area (Å²) in [6, 6.07) is 5.66. The Bertz CT molecular complexity index is 505. The maximum absolute atomic E-state index is 12.5. The van der Waals surface area contributed by atoms with Crippen LogP contribution in [0.3, 0.4) is 0 Å². The quantitative estimate of drug-likeness (QED) is 0.798. The van der Waals surface area contributed by atoms with Gasteiger partial charge < -0.3 is 10.6 Å². The molecule has 0 saturated carbocycles. The van der Waals surface area contributed by atoms with Crippen LogP contribution in [0.25, 0.3) is 0 Å². The summed E-state index contributed by atoms with van der Waals surface area (Å²) < 4.78 is 0. The molecule has 4 nitrogen and oxygen atoms in total. The number of halogens is 1. The molecule has 19 heavy (non-hydrogen) atoms. The SMILES string of the molecule is Nc1cc(C(=O)N2CCN3CCC[C@@H]3C2)ccc1Cl. The molecule has 2 heterocycles. The van der Waals surface area contributed by atoms with Gasteiger partial charge in [0.2, 0.25) is 0 Å². The molecule has 0 spiro atoms. The number of nitrogens with two attached hydrogens (primary N) is 1. The van der Waals surface area contributed by atoms with Crippen LogP contribution in [-0.4, -0.2) is 47.9 Å². The van der Waals surface area contributed by atoms with Gasteiger partial charge in [0.1, 0.15) is 0 Å². The predicted octanol–water partition coefficient (Wildman–Crippen LogP) is 1.84. The van der Waals surface area contributed by atoms with Crippen molar-refractivity contribution in [3.05, 3.63) is 28.8 Å². The van der Waals surface area contributed by atoms with E-state index in [0.717, 1.165) is 19.6 Å². The summed E-state index contributed by atoms with van der Waals surface area (Å²) >= 11 is 5.89. The molecule has 0 bridgehead atoms. The second-order valence-electron chi connectivity index (χ2n) is 5.32. The fourth-order valence-corrected chi connectivity index (χ4v) is 3.15. The van der Waals surface area contributed by atoms with Gasteiger partial charge in [-0.1, -0.05) is 11.6 Å². The molecule has 2 fully saturated rings. The summed E-state index contributed by atoms with van der Waals surface area (Å²) in [4.78, 5) is 16.9. The number of fused-ring (bicyclic) bond motifs is 1. The number of hydrogen-bond donors (Lipinski definition) is 1. The van der Waals surface area contributed by atoms with E-state index >= 15 is 0 Å².